The molecule has 56 valence electrons. The fraction of sp³-hybridized carbons (Fsp3) is 0.125. The second-order valence-corrected chi connectivity index (χ2v) is 4.13. The van der Waals surface area contributed by atoms with Crippen LogP contribution in [-0.4, -0.2) is 4.98 Å². The highest BCUT2D eigenvalue weighted by Crippen LogP contribution is 2.22. The minimum atomic E-state index is 0.727. The molecule has 0 aliphatic carbocycles. The van der Waals surface area contributed by atoms with Crippen LogP contribution in [-0.2, 0) is 12.6 Å². The van der Waals surface area contributed by atoms with E-state index >= 15 is 0 Å². The summed E-state index contributed by atoms with van der Waals surface area (Å²) >= 11 is 6.53. The molecule has 0 amide bonds. The van der Waals surface area contributed by atoms with E-state index in [2.05, 4.69) is 30.1 Å². The molecule has 0 aliphatic heterocycles. The van der Waals surface area contributed by atoms with Gasteiger partial charge < -0.3 is 24.0 Å². The number of hydrogen-bond acceptors (Lipinski definition) is 3. The standard InChI is InChI=1S/C8H7NS2/c1-5-2-3-7-6(4-5)9-8(10)11-7/h2-4H,1H3,(H,9,10)/p-1. The summed E-state index contributed by atoms with van der Waals surface area (Å²) in [5.74, 6) is 0. The van der Waals surface area contributed by atoms with Crippen LogP contribution >= 0.6 is 11.3 Å². The molecule has 0 saturated carbocycles. The van der Waals surface area contributed by atoms with E-state index in [1.165, 1.54) is 10.3 Å². The first kappa shape index (κ1) is 7.00. The number of rotatable bonds is 0. The van der Waals surface area contributed by atoms with Gasteiger partial charge in [-0.2, -0.15) is 0 Å². The predicted octanol–water partition coefficient (Wildman–Crippen LogP) is 2.51. The molecule has 2 aromatic rings. The third-order valence-corrected chi connectivity index (χ3v) is 2.70. The summed E-state index contributed by atoms with van der Waals surface area (Å²) in [5, 5.41) is 0. The van der Waals surface area contributed by atoms with Gasteiger partial charge in [0.1, 0.15) is 0 Å². The van der Waals surface area contributed by atoms with Crippen molar-refractivity contribution in [1.82, 2.24) is 4.98 Å². The molecule has 0 aliphatic rings. The van der Waals surface area contributed by atoms with Crippen LogP contribution in [0.3, 0.4) is 0 Å². The molecule has 0 N–H and O–H groups in total. The van der Waals surface area contributed by atoms with E-state index in [0.717, 1.165) is 9.86 Å². The molecule has 1 aromatic carbocycles. The number of nitrogens with zero attached hydrogens (tertiary/aromatic N) is 1. The van der Waals surface area contributed by atoms with Crippen molar-refractivity contribution in [1.29, 1.82) is 0 Å². The smallest absolute Gasteiger partial charge is 0.0603 e. The molecule has 3 heteroatoms. The first-order valence-corrected chi connectivity index (χ1v) is 4.52. The van der Waals surface area contributed by atoms with Crippen LogP contribution in [0.5, 0.6) is 0 Å². The van der Waals surface area contributed by atoms with Gasteiger partial charge in [0, 0.05) is 0 Å². The monoisotopic (exact) mass is 180 g/mol. The molecular weight excluding hydrogens is 174 g/mol. The Bertz CT molecular complexity index is 392. The van der Waals surface area contributed by atoms with Crippen molar-refractivity contribution >= 4 is 34.2 Å². The fourth-order valence-corrected chi connectivity index (χ4v) is 2.06. The lowest BCUT2D eigenvalue weighted by Crippen LogP contribution is -1.71. The number of thiazole rings is 1. The lowest BCUT2D eigenvalue weighted by Gasteiger charge is -1.91. The lowest BCUT2D eigenvalue weighted by molar-refractivity contribution is 1.31. The van der Waals surface area contributed by atoms with Gasteiger partial charge in [0.05, 0.1) is 5.52 Å². The van der Waals surface area contributed by atoms with E-state index in [4.69, 9.17) is 12.6 Å². The van der Waals surface area contributed by atoms with E-state index in [0.29, 0.717) is 0 Å². The van der Waals surface area contributed by atoms with E-state index < -0.39 is 0 Å². The lowest BCUT2D eigenvalue weighted by atomic mass is 10.2. The second-order valence-electron chi connectivity index (χ2n) is 2.45. The Labute approximate surface area is 74.5 Å². The molecule has 1 heterocycles. The SMILES string of the molecule is Cc1ccc2sc([S-])nc2c1. The molecule has 1 nitrogen and oxygen atoms in total. The fourth-order valence-electron chi connectivity index (χ4n) is 1.02. The molecule has 1 aromatic heterocycles. The van der Waals surface area contributed by atoms with Crippen LogP contribution in [0.2, 0.25) is 0 Å². The molecular formula is C8H6NS2-. The van der Waals surface area contributed by atoms with E-state index in [-0.39, 0.29) is 0 Å². The van der Waals surface area contributed by atoms with Gasteiger partial charge in [-0.25, -0.2) is 0 Å². The average molecular weight is 180 g/mol. The van der Waals surface area contributed by atoms with Gasteiger partial charge >= 0.3 is 0 Å². The van der Waals surface area contributed by atoms with Gasteiger partial charge in [0.2, 0.25) is 0 Å². The van der Waals surface area contributed by atoms with Gasteiger partial charge in [-0.1, -0.05) is 12.1 Å². The van der Waals surface area contributed by atoms with Crippen molar-refractivity contribution in [2.75, 3.05) is 0 Å². The summed E-state index contributed by atoms with van der Waals surface area (Å²) in [4.78, 5) is 4.21. The van der Waals surface area contributed by atoms with Crippen molar-refractivity contribution in [2.45, 2.75) is 11.3 Å². The van der Waals surface area contributed by atoms with Crippen LogP contribution in [0.4, 0.5) is 0 Å². The Morgan fingerprint density at radius 1 is 1.45 bits per heavy atom. The molecule has 0 fully saturated rings. The van der Waals surface area contributed by atoms with Crippen molar-refractivity contribution < 1.29 is 0 Å². The van der Waals surface area contributed by atoms with Crippen LogP contribution in [0.25, 0.3) is 10.2 Å². The molecule has 0 saturated heterocycles. The summed E-state index contributed by atoms with van der Waals surface area (Å²) in [6, 6.07) is 6.20. The highest BCUT2D eigenvalue weighted by Gasteiger charge is 1.91. The first-order valence-electron chi connectivity index (χ1n) is 3.30. The number of benzene rings is 1. The summed E-state index contributed by atoms with van der Waals surface area (Å²) in [7, 11) is 0. The van der Waals surface area contributed by atoms with E-state index in [1.807, 2.05) is 0 Å². The minimum Gasteiger partial charge on any atom is -0.408 e. The first-order chi connectivity index (χ1) is 5.25. The van der Waals surface area contributed by atoms with Crippen LogP contribution in [0, 0.1) is 6.92 Å². The van der Waals surface area contributed by atoms with Gasteiger partial charge in [-0.05, 0) is 27.6 Å². The summed E-state index contributed by atoms with van der Waals surface area (Å²) < 4.78 is 1.91. The highest BCUT2D eigenvalue weighted by atomic mass is 32.2. The minimum absolute atomic E-state index is 0.727. The van der Waals surface area contributed by atoms with Crippen molar-refractivity contribution in [3.63, 3.8) is 0 Å². The van der Waals surface area contributed by atoms with Crippen molar-refractivity contribution in [3.05, 3.63) is 23.8 Å². The molecule has 11 heavy (non-hydrogen) atoms. The Morgan fingerprint density at radius 2 is 2.27 bits per heavy atom. The number of aromatic nitrogens is 1. The van der Waals surface area contributed by atoms with E-state index in [9.17, 15) is 0 Å². The third-order valence-electron chi connectivity index (χ3n) is 1.52. The van der Waals surface area contributed by atoms with Crippen LogP contribution < -0.4 is 0 Å². The summed E-state index contributed by atoms with van der Waals surface area (Å²) in [5.41, 5.74) is 2.26. The molecule has 2 rings (SSSR count). The summed E-state index contributed by atoms with van der Waals surface area (Å²) in [6.45, 7) is 2.06. The maximum atomic E-state index is 4.96. The largest absolute Gasteiger partial charge is 0.408 e. The van der Waals surface area contributed by atoms with Gasteiger partial charge in [0.25, 0.3) is 0 Å². The Morgan fingerprint density at radius 3 is 3.09 bits per heavy atom. The summed E-state index contributed by atoms with van der Waals surface area (Å²) in [6.07, 6.45) is 0. The Hall–Kier alpha value is -0.670. The van der Waals surface area contributed by atoms with Crippen molar-refractivity contribution in [2.24, 2.45) is 0 Å². The van der Waals surface area contributed by atoms with Gasteiger partial charge in [-0.15, -0.1) is 0 Å². The van der Waals surface area contributed by atoms with Gasteiger partial charge in [0.15, 0.2) is 0 Å². The normalized spacial score (nSPS) is 10.6. The predicted molar refractivity (Wildman–Crippen MR) is 50.0 cm³/mol. The molecule has 0 atom stereocenters. The zero-order valence-corrected chi connectivity index (χ0v) is 7.63. The molecule has 0 radical (unpaired) electrons. The molecule has 0 unspecified atom stereocenters. The molecule has 0 spiro atoms. The third kappa shape index (κ3) is 1.21. The van der Waals surface area contributed by atoms with E-state index in [1.54, 1.807) is 11.3 Å². The van der Waals surface area contributed by atoms with Crippen molar-refractivity contribution in [3.8, 4) is 0 Å². The number of fused-ring (bicyclic) bond motifs is 1. The zero-order chi connectivity index (χ0) is 7.84. The second kappa shape index (κ2) is 2.43. The Kier molecular flexibility index (Phi) is 1.55. The zero-order valence-electron chi connectivity index (χ0n) is 6.00. The van der Waals surface area contributed by atoms with Crippen LogP contribution in [0.1, 0.15) is 5.56 Å². The quantitative estimate of drug-likeness (QED) is 0.578. The maximum absolute atomic E-state index is 4.96. The highest BCUT2D eigenvalue weighted by molar-refractivity contribution is 7.63. The number of hydrogen-bond donors (Lipinski definition) is 0. The Balaban J connectivity index is 2.82. The van der Waals surface area contributed by atoms with Crippen LogP contribution in [0.15, 0.2) is 22.5 Å². The van der Waals surface area contributed by atoms with Gasteiger partial charge in [-0.3, -0.25) is 4.98 Å². The topological polar surface area (TPSA) is 12.9 Å². The molecule has 0 bridgehead atoms. The number of aryl methyl sites for hydroxylation is 1. The maximum Gasteiger partial charge on any atom is 0.0603 e. The average Bonchev–Trinajstić information content (AvgIpc) is 2.27.